The van der Waals surface area contributed by atoms with Crippen molar-refractivity contribution in [1.29, 1.82) is 0 Å². The van der Waals surface area contributed by atoms with Crippen LogP contribution in [0.2, 0.25) is 0 Å². The van der Waals surface area contributed by atoms with Crippen LogP contribution >= 0.6 is 11.3 Å². The number of aromatic nitrogens is 1. The molecule has 0 radical (unpaired) electrons. The van der Waals surface area contributed by atoms with E-state index >= 15 is 0 Å². The summed E-state index contributed by atoms with van der Waals surface area (Å²) in [7, 11) is 0. The zero-order valence-electron chi connectivity index (χ0n) is 11.8. The van der Waals surface area contributed by atoms with E-state index in [-0.39, 0.29) is 0 Å². The van der Waals surface area contributed by atoms with Crippen molar-refractivity contribution in [2.24, 2.45) is 0 Å². The largest absolute Gasteiger partial charge is 0.374 e. The van der Waals surface area contributed by atoms with Crippen LogP contribution in [0.1, 0.15) is 42.3 Å². The lowest BCUT2D eigenvalue weighted by atomic mass is 10.0. The van der Waals surface area contributed by atoms with Crippen LogP contribution in [-0.4, -0.2) is 29.8 Å². The number of nitrogens with one attached hydrogen (secondary N) is 1. The van der Waals surface area contributed by atoms with E-state index in [0.717, 1.165) is 13.0 Å². The SMILES string of the molecule is CCNC(Cc1nc(C)c(C)s1)C1CCC(C)O1. The number of aryl methyl sites for hydroxylation is 2. The molecule has 3 nitrogen and oxygen atoms in total. The molecule has 2 heterocycles. The van der Waals surface area contributed by atoms with Gasteiger partial charge in [0.2, 0.25) is 0 Å². The van der Waals surface area contributed by atoms with Crippen molar-refractivity contribution in [3.05, 3.63) is 15.6 Å². The maximum atomic E-state index is 6.00. The first-order valence-electron chi connectivity index (χ1n) is 6.92. The van der Waals surface area contributed by atoms with Crippen LogP contribution in [0.3, 0.4) is 0 Å². The Labute approximate surface area is 114 Å². The zero-order valence-corrected chi connectivity index (χ0v) is 12.6. The summed E-state index contributed by atoms with van der Waals surface area (Å²) in [5.41, 5.74) is 1.17. The molecule has 102 valence electrons. The lowest BCUT2D eigenvalue weighted by molar-refractivity contribution is 0.0324. The van der Waals surface area contributed by atoms with E-state index in [0.29, 0.717) is 18.2 Å². The quantitative estimate of drug-likeness (QED) is 0.891. The molecule has 1 aliphatic heterocycles. The lowest BCUT2D eigenvalue weighted by Crippen LogP contribution is -2.41. The van der Waals surface area contributed by atoms with Crippen LogP contribution in [0.4, 0.5) is 0 Å². The summed E-state index contributed by atoms with van der Waals surface area (Å²) in [6.07, 6.45) is 4.11. The molecule has 3 unspecified atom stereocenters. The molecular formula is C14H24N2OS. The molecule has 1 aliphatic rings. The average molecular weight is 268 g/mol. The Bertz CT molecular complexity index is 372. The van der Waals surface area contributed by atoms with Crippen molar-refractivity contribution >= 4 is 11.3 Å². The first-order valence-corrected chi connectivity index (χ1v) is 7.73. The normalized spacial score (nSPS) is 25.6. The number of hydrogen-bond acceptors (Lipinski definition) is 4. The maximum absolute atomic E-state index is 6.00. The third-order valence-electron chi connectivity index (χ3n) is 3.65. The van der Waals surface area contributed by atoms with Crippen LogP contribution in [0.25, 0.3) is 0 Å². The minimum absolute atomic E-state index is 0.351. The van der Waals surface area contributed by atoms with Crippen LogP contribution in [0.5, 0.6) is 0 Å². The molecule has 1 N–H and O–H groups in total. The Morgan fingerprint density at radius 2 is 2.22 bits per heavy atom. The van der Waals surface area contributed by atoms with Gasteiger partial charge in [-0.3, -0.25) is 0 Å². The van der Waals surface area contributed by atoms with Gasteiger partial charge >= 0.3 is 0 Å². The third kappa shape index (κ3) is 3.31. The summed E-state index contributed by atoms with van der Waals surface area (Å²) in [5.74, 6) is 0. The molecule has 0 amide bonds. The summed E-state index contributed by atoms with van der Waals surface area (Å²) in [5, 5.41) is 4.80. The molecule has 1 aromatic rings. The lowest BCUT2D eigenvalue weighted by Gasteiger charge is -2.23. The van der Waals surface area contributed by atoms with Gasteiger partial charge < -0.3 is 10.1 Å². The molecule has 0 spiro atoms. The number of rotatable bonds is 5. The molecule has 0 saturated carbocycles. The van der Waals surface area contributed by atoms with Crippen molar-refractivity contribution < 1.29 is 4.74 Å². The molecule has 3 atom stereocenters. The molecule has 1 aromatic heterocycles. The second kappa shape index (κ2) is 6.13. The molecule has 0 aliphatic carbocycles. The molecule has 1 saturated heterocycles. The number of likely N-dealkylation sites (N-methyl/N-ethyl adjacent to an activating group) is 1. The Balaban J connectivity index is 2.01. The molecule has 0 aromatic carbocycles. The van der Waals surface area contributed by atoms with Gasteiger partial charge in [0.1, 0.15) is 0 Å². The van der Waals surface area contributed by atoms with Crippen LogP contribution in [-0.2, 0) is 11.2 Å². The predicted octanol–water partition coefficient (Wildman–Crippen LogP) is 2.85. The van der Waals surface area contributed by atoms with E-state index in [9.17, 15) is 0 Å². The number of hydrogen-bond donors (Lipinski definition) is 1. The van der Waals surface area contributed by atoms with E-state index in [1.165, 1.54) is 28.4 Å². The summed E-state index contributed by atoms with van der Waals surface area (Å²) in [4.78, 5) is 5.98. The highest BCUT2D eigenvalue weighted by molar-refractivity contribution is 7.11. The van der Waals surface area contributed by atoms with Gasteiger partial charge in [-0.15, -0.1) is 11.3 Å². The Morgan fingerprint density at radius 3 is 2.72 bits per heavy atom. The second-order valence-electron chi connectivity index (χ2n) is 5.18. The Kier molecular flexibility index (Phi) is 4.76. The van der Waals surface area contributed by atoms with Gasteiger partial charge in [0.05, 0.1) is 22.9 Å². The first-order chi connectivity index (χ1) is 8.60. The highest BCUT2D eigenvalue weighted by Gasteiger charge is 2.29. The van der Waals surface area contributed by atoms with Crippen LogP contribution < -0.4 is 5.32 Å². The molecule has 0 bridgehead atoms. The smallest absolute Gasteiger partial charge is 0.0947 e. The Morgan fingerprint density at radius 1 is 1.44 bits per heavy atom. The van der Waals surface area contributed by atoms with Crippen molar-refractivity contribution in [2.45, 2.75) is 65.2 Å². The standard InChI is InChI=1S/C14H24N2OS/c1-5-15-12(13-7-6-9(2)17-13)8-14-16-10(3)11(4)18-14/h9,12-13,15H,5-8H2,1-4H3. The minimum atomic E-state index is 0.351. The fourth-order valence-corrected chi connectivity index (χ4v) is 3.53. The van der Waals surface area contributed by atoms with Crippen molar-refractivity contribution in [2.75, 3.05) is 6.54 Å². The number of nitrogens with zero attached hydrogens (tertiary/aromatic N) is 1. The highest BCUT2D eigenvalue weighted by Crippen LogP contribution is 2.25. The van der Waals surface area contributed by atoms with Crippen molar-refractivity contribution in [3.63, 3.8) is 0 Å². The van der Waals surface area contributed by atoms with Crippen molar-refractivity contribution in [3.8, 4) is 0 Å². The van der Waals surface area contributed by atoms with E-state index in [1.807, 2.05) is 11.3 Å². The van der Waals surface area contributed by atoms with Crippen LogP contribution in [0.15, 0.2) is 0 Å². The van der Waals surface area contributed by atoms with Gasteiger partial charge in [-0.2, -0.15) is 0 Å². The van der Waals surface area contributed by atoms with Gasteiger partial charge in [0, 0.05) is 17.3 Å². The molecule has 18 heavy (non-hydrogen) atoms. The van der Waals surface area contributed by atoms with E-state index < -0.39 is 0 Å². The van der Waals surface area contributed by atoms with E-state index in [2.05, 4.69) is 38.0 Å². The summed E-state index contributed by atoms with van der Waals surface area (Å²) >= 11 is 1.82. The maximum Gasteiger partial charge on any atom is 0.0947 e. The average Bonchev–Trinajstić information content (AvgIpc) is 2.86. The first kappa shape index (κ1) is 14.0. The third-order valence-corrected chi connectivity index (χ3v) is 4.74. The fraction of sp³-hybridized carbons (Fsp3) is 0.786. The van der Waals surface area contributed by atoms with Crippen molar-refractivity contribution in [1.82, 2.24) is 10.3 Å². The van der Waals surface area contributed by atoms with Gasteiger partial charge in [0.25, 0.3) is 0 Å². The number of ether oxygens (including phenoxy) is 1. The van der Waals surface area contributed by atoms with Gasteiger partial charge in [-0.25, -0.2) is 4.98 Å². The van der Waals surface area contributed by atoms with Crippen LogP contribution in [0, 0.1) is 13.8 Å². The topological polar surface area (TPSA) is 34.2 Å². The fourth-order valence-electron chi connectivity index (χ4n) is 2.54. The monoisotopic (exact) mass is 268 g/mol. The molecular weight excluding hydrogens is 244 g/mol. The highest BCUT2D eigenvalue weighted by atomic mass is 32.1. The minimum Gasteiger partial charge on any atom is -0.374 e. The number of thiazole rings is 1. The second-order valence-corrected chi connectivity index (χ2v) is 6.47. The zero-order chi connectivity index (χ0) is 13.1. The van der Waals surface area contributed by atoms with Gasteiger partial charge in [0.15, 0.2) is 0 Å². The van der Waals surface area contributed by atoms with E-state index in [1.54, 1.807) is 0 Å². The summed E-state index contributed by atoms with van der Waals surface area (Å²) < 4.78 is 6.00. The molecule has 4 heteroatoms. The summed E-state index contributed by atoms with van der Waals surface area (Å²) in [6, 6.07) is 0.407. The summed E-state index contributed by atoms with van der Waals surface area (Å²) in [6.45, 7) is 9.55. The predicted molar refractivity (Wildman–Crippen MR) is 76.3 cm³/mol. The van der Waals surface area contributed by atoms with E-state index in [4.69, 9.17) is 4.74 Å². The molecule has 2 rings (SSSR count). The molecule has 1 fully saturated rings. The van der Waals surface area contributed by atoms with Gasteiger partial charge in [-0.1, -0.05) is 6.92 Å². The van der Waals surface area contributed by atoms with Gasteiger partial charge in [-0.05, 0) is 40.2 Å². The Hall–Kier alpha value is -0.450.